The normalized spacial score (nSPS) is 12.4. The van der Waals surface area contributed by atoms with E-state index in [1.54, 1.807) is 0 Å². The summed E-state index contributed by atoms with van der Waals surface area (Å²) >= 11 is 0. The number of benzene rings is 1. The van der Waals surface area contributed by atoms with Crippen LogP contribution in [0.3, 0.4) is 0 Å². The molecule has 0 unspecified atom stereocenters. The quantitative estimate of drug-likeness (QED) is 0.782. The first-order chi connectivity index (χ1) is 7.17. The monoisotopic (exact) mass is 244 g/mol. The van der Waals surface area contributed by atoms with Gasteiger partial charge in [0.05, 0.1) is 10.3 Å². The summed E-state index contributed by atoms with van der Waals surface area (Å²) in [5, 5.41) is 9.01. The Kier molecular flexibility index (Phi) is 3.07. The standard InChI is InChI=1S/C10H12O5S/c1-10(2,9(11)12)7-5-3-4-6-8(7)16(13,14)15/h3-6H,1-2H3,(H,11,12)(H,13,14,15). The summed E-state index contributed by atoms with van der Waals surface area (Å²) < 4.78 is 31.2. The summed E-state index contributed by atoms with van der Waals surface area (Å²) in [4.78, 5) is 10.7. The van der Waals surface area contributed by atoms with Crippen molar-refractivity contribution in [1.82, 2.24) is 0 Å². The van der Waals surface area contributed by atoms with E-state index >= 15 is 0 Å². The zero-order valence-electron chi connectivity index (χ0n) is 8.84. The fourth-order valence-electron chi connectivity index (χ4n) is 1.32. The SMILES string of the molecule is CC(C)(C(=O)O)c1ccccc1S(=O)(=O)O. The second-order valence-corrected chi connectivity index (χ2v) is 5.29. The first kappa shape index (κ1) is 12.7. The van der Waals surface area contributed by atoms with Gasteiger partial charge >= 0.3 is 5.97 Å². The van der Waals surface area contributed by atoms with Gasteiger partial charge in [-0.15, -0.1) is 0 Å². The predicted octanol–water partition coefficient (Wildman–Crippen LogP) is 1.30. The zero-order valence-corrected chi connectivity index (χ0v) is 9.65. The highest BCUT2D eigenvalue weighted by molar-refractivity contribution is 7.85. The largest absolute Gasteiger partial charge is 0.481 e. The van der Waals surface area contributed by atoms with Crippen molar-refractivity contribution in [2.45, 2.75) is 24.2 Å². The average Bonchev–Trinajstić information content (AvgIpc) is 2.16. The number of hydrogen-bond donors (Lipinski definition) is 2. The third-order valence-electron chi connectivity index (χ3n) is 2.37. The lowest BCUT2D eigenvalue weighted by Gasteiger charge is -2.21. The van der Waals surface area contributed by atoms with Gasteiger partial charge in [-0.2, -0.15) is 8.42 Å². The molecule has 0 aliphatic carbocycles. The van der Waals surface area contributed by atoms with Crippen LogP contribution >= 0.6 is 0 Å². The molecule has 0 heterocycles. The Balaban J connectivity index is 3.53. The van der Waals surface area contributed by atoms with Gasteiger partial charge in [0.2, 0.25) is 0 Å². The van der Waals surface area contributed by atoms with Gasteiger partial charge in [-0.1, -0.05) is 18.2 Å². The summed E-state index contributed by atoms with van der Waals surface area (Å²) in [6.07, 6.45) is 0. The summed E-state index contributed by atoms with van der Waals surface area (Å²) in [6, 6.07) is 5.49. The van der Waals surface area contributed by atoms with E-state index in [1.807, 2.05) is 0 Å². The Morgan fingerprint density at radius 3 is 2.19 bits per heavy atom. The smallest absolute Gasteiger partial charge is 0.313 e. The molecule has 0 aromatic heterocycles. The molecule has 1 aromatic rings. The molecular formula is C10H12O5S. The van der Waals surface area contributed by atoms with Gasteiger partial charge in [0, 0.05) is 0 Å². The molecule has 0 saturated heterocycles. The van der Waals surface area contributed by atoms with E-state index in [9.17, 15) is 13.2 Å². The van der Waals surface area contributed by atoms with Crippen molar-refractivity contribution in [2.75, 3.05) is 0 Å². The van der Waals surface area contributed by atoms with Crippen LogP contribution in [0.25, 0.3) is 0 Å². The number of aliphatic carboxylic acids is 1. The highest BCUT2D eigenvalue weighted by Crippen LogP contribution is 2.29. The van der Waals surface area contributed by atoms with E-state index < -0.39 is 21.5 Å². The molecule has 0 radical (unpaired) electrons. The molecule has 0 bridgehead atoms. The molecule has 2 N–H and O–H groups in total. The number of carbonyl (C=O) groups is 1. The summed E-state index contributed by atoms with van der Waals surface area (Å²) in [7, 11) is -4.41. The second-order valence-electron chi connectivity index (χ2n) is 3.90. The molecule has 0 amide bonds. The maximum atomic E-state index is 11.1. The first-order valence-electron chi connectivity index (χ1n) is 4.48. The third-order valence-corrected chi connectivity index (χ3v) is 3.28. The third kappa shape index (κ3) is 2.23. The molecule has 0 atom stereocenters. The molecule has 6 heteroatoms. The molecule has 16 heavy (non-hydrogen) atoms. The Labute approximate surface area is 93.5 Å². The molecule has 1 aromatic carbocycles. The fourth-order valence-corrected chi connectivity index (χ4v) is 2.17. The van der Waals surface area contributed by atoms with Crippen LogP contribution in [0.15, 0.2) is 29.2 Å². The van der Waals surface area contributed by atoms with E-state index in [-0.39, 0.29) is 10.5 Å². The van der Waals surface area contributed by atoms with E-state index in [4.69, 9.17) is 9.66 Å². The van der Waals surface area contributed by atoms with Crippen LogP contribution in [-0.4, -0.2) is 24.0 Å². The number of carboxylic acid groups (broad SMARTS) is 1. The van der Waals surface area contributed by atoms with E-state index in [0.717, 1.165) is 0 Å². The molecule has 0 spiro atoms. The summed E-state index contributed by atoms with van der Waals surface area (Å²) in [5.74, 6) is -1.16. The highest BCUT2D eigenvalue weighted by atomic mass is 32.2. The first-order valence-corrected chi connectivity index (χ1v) is 5.92. The minimum atomic E-state index is -4.41. The maximum absolute atomic E-state index is 11.1. The van der Waals surface area contributed by atoms with Crippen LogP contribution in [0.2, 0.25) is 0 Å². The molecule has 0 fully saturated rings. The fraction of sp³-hybridized carbons (Fsp3) is 0.300. The Morgan fingerprint density at radius 2 is 1.75 bits per heavy atom. The lowest BCUT2D eigenvalue weighted by Crippen LogP contribution is -2.30. The molecule has 1 rings (SSSR count). The van der Waals surface area contributed by atoms with Gasteiger partial charge in [0.15, 0.2) is 0 Å². The lowest BCUT2D eigenvalue weighted by atomic mass is 9.85. The van der Waals surface area contributed by atoms with Crippen molar-refractivity contribution in [2.24, 2.45) is 0 Å². The van der Waals surface area contributed by atoms with Crippen molar-refractivity contribution in [1.29, 1.82) is 0 Å². The molecule has 0 saturated carbocycles. The van der Waals surface area contributed by atoms with Crippen LogP contribution in [0.4, 0.5) is 0 Å². The Bertz CT molecular complexity index is 516. The van der Waals surface area contributed by atoms with Crippen molar-refractivity contribution < 1.29 is 22.9 Å². The van der Waals surface area contributed by atoms with Gasteiger partial charge in [0.25, 0.3) is 10.1 Å². The Hall–Kier alpha value is -1.40. The van der Waals surface area contributed by atoms with Gasteiger partial charge in [-0.3, -0.25) is 9.35 Å². The summed E-state index contributed by atoms with van der Waals surface area (Å²) in [5.41, 5.74) is -1.32. The molecule has 0 aliphatic rings. The van der Waals surface area contributed by atoms with Crippen LogP contribution in [0.1, 0.15) is 19.4 Å². The zero-order chi connectivity index (χ0) is 12.6. The molecular weight excluding hydrogens is 232 g/mol. The molecule has 5 nitrogen and oxygen atoms in total. The minimum absolute atomic E-state index is 0.0602. The van der Waals surface area contributed by atoms with Gasteiger partial charge in [-0.05, 0) is 25.5 Å². The van der Waals surface area contributed by atoms with Crippen LogP contribution in [0.5, 0.6) is 0 Å². The number of carboxylic acids is 1. The second kappa shape index (κ2) is 3.88. The van der Waals surface area contributed by atoms with Crippen LogP contribution in [0, 0.1) is 0 Å². The minimum Gasteiger partial charge on any atom is -0.481 e. The van der Waals surface area contributed by atoms with Gasteiger partial charge in [-0.25, -0.2) is 0 Å². The van der Waals surface area contributed by atoms with E-state index in [1.165, 1.54) is 38.1 Å². The number of hydrogen-bond acceptors (Lipinski definition) is 3. The average molecular weight is 244 g/mol. The molecule has 88 valence electrons. The predicted molar refractivity (Wildman–Crippen MR) is 56.9 cm³/mol. The van der Waals surface area contributed by atoms with Crippen molar-refractivity contribution in [3.63, 3.8) is 0 Å². The van der Waals surface area contributed by atoms with E-state index in [0.29, 0.717) is 0 Å². The van der Waals surface area contributed by atoms with Crippen LogP contribution < -0.4 is 0 Å². The molecule has 0 aliphatic heterocycles. The Morgan fingerprint density at radius 1 is 1.25 bits per heavy atom. The maximum Gasteiger partial charge on any atom is 0.313 e. The van der Waals surface area contributed by atoms with Crippen molar-refractivity contribution in [3.8, 4) is 0 Å². The number of rotatable bonds is 3. The highest BCUT2D eigenvalue weighted by Gasteiger charge is 2.34. The van der Waals surface area contributed by atoms with Crippen LogP contribution in [-0.2, 0) is 20.3 Å². The summed E-state index contributed by atoms with van der Waals surface area (Å²) in [6.45, 7) is 2.75. The van der Waals surface area contributed by atoms with Crippen molar-refractivity contribution in [3.05, 3.63) is 29.8 Å². The van der Waals surface area contributed by atoms with Crippen molar-refractivity contribution >= 4 is 16.1 Å². The lowest BCUT2D eigenvalue weighted by molar-refractivity contribution is -0.142. The van der Waals surface area contributed by atoms with E-state index in [2.05, 4.69) is 0 Å². The van der Waals surface area contributed by atoms with Gasteiger partial charge < -0.3 is 5.11 Å². The topological polar surface area (TPSA) is 91.7 Å². The van der Waals surface area contributed by atoms with Gasteiger partial charge in [0.1, 0.15) is 0 Å².